The second-order valence-corrected chi connectivity index (χ2v) is 8.51. The summed E-state index contributed by atoms with van der Waals surface area (Å²) in [5, 5.41) is 17.4. The average molecular weight is 550 g/mol. The van der Waals surface area contributed by atoms with Gasteiger partial charge >= 0.3 is 0 Å². The number of rotatable bonds is 7. The van der Waals surface area contributed by atoms with Crippen molar-refractivity contribution in [2.24, 2.45) is 4.99 Å². The van der Waals surface area contributed by atoms with E-state index in [9.17, 15) is 5.11 Å². The first-order valence-electron chi connectivity index (χ1n) is 11.1. The van der Waals surface area contributed by atoms with Crippen LogP contribution in [-0.2, 0) is 0 Å². The monoisotopic (exact) mass is 549 g/mol. The van der Waals surface area contributed by atoms with Crippen molar-refractivity contribution in [1.82, 2.24) is 15.5 Å². The highest BCUT2D eigenvalue weighted by molar-refractivity contribution is 14.0. The van der Waals surface area contributed by atoms with E-state index >= 15 is 0 Å². The van der Waals surface area contributed by atoms with Crippen molar-refractivity contribution in [2.75, 3.05) is 50.7 Å². The molecule has 0 unspecified atom stereocenters. The first-order chi connectivity index (χ1) is 14.1. The molecule has 0 radical (unpaired) electrons. The standard InChI is InChI=1S/C22H36ClN5O.HI/c1-2-24-22(26-19-7-9-21(29)10-8-19)25-11-4-12-27-13-15-28(16-14-27)20-6-3-5-18(23)17-20;/h3,5-6,17,19,21,29H,2,4,7-16H2,1H3,(H2,24,25,26);1H. The van der Waals surface area contributed by atoms with Crippen LogP contribution in [0.1, 0.15) is 39.0 Å². The fourth-order valence-electron chi connectivity index (χ4n) is 4.12. The molecule has 1 aromatic rings. The molecule has 0 spiro atoms. The van der Waals surface area contributed by atoms with E-state index in [1.807, 2.05) is 18.2 Å². The highest BCUT2D eigenvalue weighted by Crippen LogP contribution is 2.21. The molecule has 1 aliphatic carbocycles. The topological polar surface area (TPSA) is 63.1 Å². The van der Waals surface area contributed by atoms with E-state index in [0.717, 1.165) is 88.9 Å². The zero-order valence-electron chi connectivity index (χ0n) is 18.0. The molecule has 0 amide bonds. The highest BCUT2D eigenvalue weighted by atomic mass is 127. The van der Waals surface area contributed by atoms with Crippen molar-refractivity contribution in [1.29, 1.82) is 0 Å². The first-order valence-corrected chi connectivity index (χ1v) is 11.5. The van der Waals surface area contributed by atoms with E-state index in [1.165, 1.54) is 5.69 Å². The maximum atomic E-state index is 9.67. The molecule has 0 aromatic heterocycles. The summed E-state index contributed by atoms with van der Waals surface area (Å²) in [7, 11) is 0. The molecule has 1 heterocycles. The van der Waals surface area contributed by atoms with E-state index in [-0.39, 0.29) is 30.1 Å². The molecular weight excluding hydrogens is 513 g/mol. The van der Waals surface area contributed by atoms with Crippen LogP contribution in [0.3, 0.4) is 0 Å². The van der Waals surface area contributed by atoms with Crippen LogP contribution < -0.4 is 15.5 Å². The predicted octanol–water partition coefficient (Wildman–Crippen LogP) is 3.33. The molecule has 0 bridgehead atoms. The molecule has 3 rings (SSSR count). The molecule has 0 atom stereocenters. The van der Waals surface area contributed by atoms with Gasteiger partial charge in [0.2, 0.25) is 0 Å². The fourth-order valence-corrected chi connectivity index (χ4v) is 4.31. The Morgan fingerprint density at radius 2 is 1.90 bits per heavy atom. The lowest BCUT2D eigenvalue weighted by Crippen LogP contribution is -2.47. The maximum Gasteiger partial charge on any atom is 0.191 e. The third-order valence-electron chi connectivity index (χ3n) is 5.83. The van der Waals surface area contributed by atoms with Gasteiger partial charge in [-0.05, 0) is 57.2 Å². The number of piperazine rings is 1. The van der Waals surface area contributed by atoms with E-state index in [0.29, 0.717) is 6.04 Å². The normalized spacial score (nSPS) is 23.0. The molecule has 1 saturated heterocycles. The number of guanidine groups is 1. The first kappa shape index (κ1) is 25.5. The summed E-state index contributed by atoms with van der Waals surface area (Å²) in [4.78, 5) is 9.70. The molecule has 1 aliphatic heterocycles. The number of nitrogens with zero attached hydrogens (tertiary/aromatic N) is 3. The van der Waals surface area contributed by atoms with Crippen LogP contribution in [0.4, 0.5) is 5.69 Å². The van der Waals surface area contributed by atoms with Crippen molar-refractivity contribution in [2.45, 2.75) is 51.2 Å². The van der Waals surface area contributed by atoms with E-state index in [1.54, 1.807) is 0 Å². The van der Waals surface area contributed by atoms with Crippen LogP contribution in [0.25, 0.3) is 0 Å². The molecule has 1 aromatic carbocycles. The number of anilines is 1. The number of benzene rings is 1. The Hall–Kier alpha value is -0.770. The van der Waals surface area contributed by atoms with Crippen LogP contribution in [0.15, 0.2) is 29.3 Å². The van der Waals surface area contributed by atoms with Gasteiger partial charge in [0, 0.05) is 62.6 Å². The van der Waals surface area contributed by atoms with Crippen molar-refractivity contribution < 1.29 is 5.11 Å². The lowest BCUT2D eigenvalue weighted by atomic mass is 9.93. The van der Waals surface area contributed by atoms with E-state index < -0.39 is 0 Å². The lowest BCUT2D eigenvalue weighted by Gasteiger charge is -2.36. The van der Waals surface area contributed by atoms with Crippen LogP contribution >= 0.6 is 35.6 Å². The third-order valence-corrected chi connectivity index (χ3v) is 6.06. The Morgan fingerprint density at radius 3 is 2.57 bits per heavy atom. The summed E-state index contributed by atoms with van der Waals surface area (Å²) >= 11 is 6.12. The second-order valence-electron chi connectivity index (χ2n) is 8.07. The number of aliphatic hydroxyl groups is 1. The molecule has 1 saturated carbocycles. The summed E-state index contributed by atoms with van der Waals surface area (Å²) < 4.78 is 0. The molecule has 30 heavy (non-hydrogen) atoms. The van der Waals surface area contributed by atoms with Gasteiger partial charge in [-0.15, -0.1) is 24.0 Å². The van der Waals surface area contributed by atoms with E-state index in [2.05, 4.69) is 33.4 Å². The quantitative estimate of drug-likeness (QED) is 0.211. The third kappa shape index (κ3) is 8.40. The largest absolute Gasteiger partial charge is 0.393 e. The van der Waals surface area contributed by atoms with Crippen LogP contribution in [0.2, 0.25) is 5.02 Å². The Morgan fingerprint density at radius 1 is 1.17 bits per heavy atom. The molecule has 8 heteroatoms. The smallest absolute Gasteiger partial charge is 0.191 e. The molecule has 6 nitrogen and oxygen atoms in total. The van der Waals surface area contributed by atoms with Gasteiger partial charge in [0.1, 0.15) is 0 Å². The van der Waals surface area contributed by atoms with Crippen molar-refractivity contribution in [3.63, 3.8) is 0 Å². The molecular formula is C22H37ClIN5O. The van der Waals surface area contributed by atoms with Crippen LogP contribution in [-0.4, -0.2) is 73.9 Å². The number of aliphatic imine (C=N–C) groups is 1. The molecule has 170 valence electrons. The number of aliphatic hydroxyl groups excluding tert-OH is 1. The van der Waals surface area contributed by atoms with Gasteiger partial charge in [-0.3, -0.25) is 9.89 Å². The Labute approximate surface area is 203 Å². The maximum absolute atomic E-state index is 9.67. The SMILES string of the molecule is CCNC(=NCCCN1CCN(c2cccc(Cl)c2)CC1)NC1CCC(O)CC1.I. The average Bonchev–Trinajstić information content (AvgIpc) is 2.73. The van der Waals surface area contributed by atoms with Gasteiger partial charge in [-0.1, -0.05) is 17.7 Å². The van der Waals surface area contributed by atoms with Crippen LogP contribution in [0, 0.1) is 0 Å². The number of hydrogen-bond donors (Lipinski definition) is 3. The summed E-state index contributed by atoms with van der Waals surface area (Å²) in [5.74, 6) is 0.916. The highest BCUT2D eigenvalue weighted by Gasteiger charge is 2.20. The second kappa shape index (κ2) is 13.6. The van der Waals surface area contributed by atoms with Gasteiger partial charge in [-0.2, -0.15) is 0 Å². The van der Waals surface area contributed by atoms with Crippen molar-refractivity contribution >= 4 is 47.2 Å². The summed E-state index contributed by atoms with van der Waals surface area (Å²) in [5.41, 5.74) is 1.22. The van der Waals surface area contributed by atoms with Crippen LogP contribution in [0.5, 0.6) is 0 Å². The number of nitrogens with one attached hydrogen (secondary N) is 2. The molecule has 3 N–H and O–H groups in total. The van der Waals surface area contributed by atoms with Gasteiger partial charge in [0.05, 0.1) is 6.10 Å². The fraction of sp³-hybridized carbons (Fsp3) is 0.682. The minimum atomic E-state index is -0.119. The summed E-state index contributed by atoms with van der Waals surface area (Å²) in [6.45, 7) is 9.13. The zero-order chi connectivity index (χ0) is 20.5. The Balaban J connectivity index is 0.00000320. The lowest BCUT2D eigenvalue weighted by molar-refractivity contribution is 0.120. The summed E-state index contributed by atoms with van der Waals surface area (Å²) in [6, 6.07) is 8.56. The Bertz CT molecular complexity index is 646. The van der Waals surface area contributed by atoms with Gasteiger partial charge in [0.25, 0.3) is 0 Å². The van der Waals surface area contributed by atoms with Crippen molar-refractivity contribution in [3.05, 3.63) is 29.3 Å². The molecule has 2 fully saturated rings. The number of hydrogen-bond acceptors (Lipinski definition) is 4. The minimum Gasteiger partial charge on any atom is -0.393 e. The van der Waals surface area contributed by atoms with Crippen molar-refractivity contribution in [3.8, 4) is 0 Å². The zero-order valence-corrected chi connectivity index (χ0v) is 21.1. The van der Waals surface area contributed by atoms with Gasteiger partial charge in [0.15, 0.2) is 5.96 Å². The predicted molar refractivity (Wildman–Crippen MR) is 138 cm³/mol. The van der Waals surface area contributed by atoms with E-state index in [4.69, 9.17) is 16.6 Å². The Kier molecular flexibility index (Phi) is 11.6. The minimum absolute atomic E-state index is 0. The van der Waals surface area contributed by atoms with Gasteiger partial charge < -0.3 is 20.6 Å². The number of halogens is 2. The molecule has 2 aliphatic rings. The summed E-state index contributed by atoms with van der Waals surface area (Å²) in [6.07, 6.45) is 4.75. The van der Waals surface area contributed by atoms with Gasteiger partial charge in [-0.25, -0.2) is 0 Å².